The van der Waals surface area contributed by atoms with Gasteiger partial charge in [0.05, 0.1) is 0 Å². The van der Waals surface area contributed by atoms with E-state index in [0.717, 1.165) is 0 Å². The second kappa shape index (κ2) is 5.37. The van der Waals surface area contributed by atoms with Gasteiger partial charge in [-0.1, -0.05) is 0 Å². The molecule has 0 bridgehead atoms. The van der Waals surface area contributed by atoms with E-state index in [4.69, 9.17) is 0 Å². The van der Waals surface area contributed by atoms with Crippen LogP contribution in [-0.4, -0.2) is 14.5 Å². The molecule has 1 heteroatoms. The number of hydrogen-bond acceptors (Lipinski definition) is 0. The second-order valence-corrected chi connectivity index (χ2v) is 9.06. The van der Waals surface area contributed by atoms with E-state index in [9.17, 15) is 0 Å². The number of hydrogen-bond donors (Lipinski definition) is 0. The van der Waals surface area contributed by atoms with Crippen molar-refractivity contribution >= 4 is 36.0 Å². The van der Waals surface area contributed by atoms with Gasteiger partial charge in [-0.25, -0.2) is 0 Å². The third kappa shape index (κ3) is 2.36. The van der Waals surface area contributed by atoms with Crippen LogP contribution < -0.4 is 0 Å². The number of benzene rings is 3. The van der Waals surface area contributed by atoms with Crippen LogP contribution in [0.3, 0.4) is 0 Å². The molecule has 1 aromatic heterocycles. The molecule has 0 aliphatic heterocycles. The topological polar surface area (TPSA) is 0 Å². The molecule has 3 aromatic carbocycles. The van der Waals surface area contributed by atoms with Gasteiger partial charge in [0.2, 0.25) is 0 Å². The van der Waals surface area contributed by atoms with E-state index in [1.807, 2.05) is 0 Å². The van der Waals surface area contributed by atoms with Crippen LogP contribution in [0.25, 0.3) is 31.5 Å². The van der Waals surface area contributed by atoms with E-state index in [-0.39, 0.29) is 5.41 Å². The van der Waals surface area contributed by atoms with E-state index in [2.05, 4.69) is 86.4 Å². The van der Waals surface area contributed by atoms with E-state index >= 15 is 0 Å². The molecule has 0 aliphatic carbocycles. The van der Waals surface area contributed by atoms with Gasteiger partial charge in [-0.05, 0) is 0 Å². The summed E-state index contributed by atoms with van der Waals surface area (Å²) in [6.45, 7) is 6.96. The molecular formula is C22H20Se. The zero-order valence-electron chi connectivity index (χ0n) is 13.8. The Morgan fingerprint density at radius 1 is 0.652 bits per heavy atom. The van der Waals surface area contributed by atoms with Gasteiger partial charge in [0.1, 0.15) is 0 Å². The summed E-state index contributed by atoms with van der Waals surface area (Å²) < 4.78 is 1.49. The molecule has 0 fully saturated rings. The molecule has 0 nitrogen and oxygen atoms in total. The molecule has 0 saturated carbocycles. The molecule has 4 rings (SSSR count). The van der Waals surface area contributed by atoms with Crippen LogP contribution in [0.1, 0.15) is 26.3 Å². The average Bonchev–Trinajstić information content (AvgIpc) is 3.05. The van der Waals surface area contributed by atoms with Gasteiger partial charge in [0.25, 0.3) is 0 Å². The first-order valence-corrected chi connectivity index (χ1v) is 9.90. The maximum absolute atomic E-state index is 2.32. The molecule has 1 heterocycles. The predicted molar refractivity (Wildman–Crippen MR) is 103 cm³/mol. The van der Waals surface area contributed by atoms with Crippen molar-refractivity contribution in [1.82, 2.24) is 0 Å². The average molecular weight is 363 g/mol. The van der Waals surface area contributed by atoms with Crippen LogP contribution in [0.15, 0.2) is 65.6 Å². The Balaban J connectivity index is 2.30. The molecule has 0 spiro atoms. The minimum atomic E-state index is 0.116. The van der Waals surface area contributed by atoms with Crippen LogP contribution in [0, 0.1) is 0 Å². The Kier molecular flexibility index (Phi) is 3.44. The summed E-state index contributed by atoms with van der Waals surface area (Å²) in [5, 5.41) is 5.59. The molecule has 0 amide bonds. The van der Waals surface area contributed by atoms with Crippen molar-refractivity contribution in [3.63, 3.8) is 0 Å². The first kappa shape index (κ1) is 14.8. The van der Waals surface area contributed by atoms with Crippen molar-refractivity contribution in [2.24, 2.45) is 0 Å². The number of rotatable bonds is 1. The predicted octanol–water partition coefficient (Wildman–Crippen LogP) is 6.01. The van der Waals surface area contributed by atoms with Gasteiger partial charge in [0.15, 0.2) is 0 Å². The van der Waals surface area contributed by atoms with Crippen LogP contribution in [0.2, 0.25) is 0 Å². The molecule has 0 aliphatic rings. The first-order chi connectivity index (χ1) is 11.1. The Morgan fingerprint density at radius 2 is 1.17 bits per heavy atom. The van der Waals surface area contributed by atoms with Gasteiger partial charge < -0.3 is 0 Å². The number of fused-ring (bicyclic) bond motifs is 2. The Morgan fingerprint density at radius 3 is 1.61 bits per heavy atom. The van der Waals surface area contributed by atoms with Crippen LogP contribution in [0.4, 0.5) is 0 Å². The molecule has 23 heavy (non-hydrogen) atoms. The van der Waals surface area contributed by atoms with Crippen LogP contribution in [-0.2, 0) is 5.41 Å². The molecular weight excluding hydrogens is 343 g/mol. The monoisotopic (exact) mass is 364 g/mol. The minimum absolute atomic E-state index is 0.116. The van der Waals surface area contributed by atoms with E-state index in [1.165, 1.54) is 37.1 Å². The first-order valence-electron chi connectivity index (χ1n) is 8.05. The van der Waals surface area contributed by atoms with Crippen molar-refractivity contribution in [3.05, 3.63) is 71.2 Å². The standard InChI is InChI=1S/C22H20Se/c1-22(2,3)21-17-11-6-4-9-15(17)20(19-13-8-14-23-19)16-10-5-7-12-18(16)21/h4-14H,1-3H3. The quantitative estimate of drug-likeness (QED) is 0.287. The molecule has 0 radical (unpaired) electrons. The van der Waals surface area contributed by atoms with Gasteiger partial charge >= 0.3 is 143 Å². The van der Waals surface area contributed by atoms with Crippen molar-refractivity contribution in [2.75, 3.05) is 0 Å². The van der Waals surface area contributed by atoms with Crippen molar-refractivity contribution in [1.29, 1.82) is 0 Å². The van der Waals surface area contributed by atoms with E-state index in [0.29, 0.717) is 14.5 Å². The molecule has 0 N–H and O–H groups in total. The zero-order chi connectivity index (χ0) is 16.0. The maximum atomic E-state index is 2.32. The Hall–Kier alpha value is -1.82. The van der Waals surface area contributed by atoms with Gasteiger partial charge in [-0.3, -0.25) is 0 Å². The van der Waals surface area contributed by atoms with Crippen molar-refractivity contribution < 1.29 is 0 Å². The fourth-order valence-electron chi connectivity index (χ4n) is 3.62. The normalized spacial score (nSPS) is 12.1. The zero-order valence-corrected chi connectivity index (χ0v) is 15.5. The SMILES string of the molecule is CC(C)(C)c1c2ccccc2c(-c2ccc[se]2)c2ccccc12. The second-order valence-electron chi connectivity index (χ2n) is 7.07. The Bertz CT molecular complexity index is 929. The van der Waals surface area contributed by atoms with Crippen LogP contribution in [0.5, 0.6) is 0 Å². The molecule has 4 aromatic rings. The molecule has 114 valence electrons. The van der Waals surface area contributed by atoms with E-state index < -0.39 is 0 Å². The van der Waals surface area contributed by atoms with Gasteiger partial charge in [-0.2, -0.15) is 0 Å². The summed E-state index contributed by atoms with van der Waals surface area (Å²) in [4.78, 5) is 2.31. The summed E-state index contributed by atoms with van der Waals surface area (Å²) in [6.07, 6.45) is 0. The summed E-state index contributed by atoms with van der Waals surface area (Å²) in [6, 6.07) is 22.4. The summed E-state index contributed by atoms with van der Waals surface area (Å²) in [5.41, 5.74) is 3.02. The Labute approximate surface area is 143 Å². The third-order valence-electron chi connectivity index (χ3n) is 4.45. The molecule has 0 saturated heterocycles. The van der Waals surface area contributed by atoms with Gasteiger partial charge in [-0.15, -0.1) is 0 Å². The molecule has 0 unspecified atom stereocenters. The fraction of sp³-hybridized carbons (Fsp3) is 0.182. The van der Waals surface area contributed by atoms with E-state index in [1.54, 1.807) is 0 Å². The fourth-order valence-corrected chi connectivity index (χ4v) is 5.30. The van der Waals surface area contributed by atoms with Crippen LogP contribution >= 0.6 is 0 Å². The van der Waals surface area contributed by atoms with Gasteiger partial charge in [0, 0.05) is 0 Å². The molecule has 0 atom stereocenters. The summed E-state index contributed by atoms with van der Waals surface area (Å²) in [5.74, 6) is 0. The third-order valence-corrected chi connectivity index (χ3v) is 6.31. The van der Waals surface area contributed by atoms with Crippen molar-refractivity contribution in [3.8, 4) is 10.0 Å². The summed E-state index contributed by atoms with van der Waals surface area (Å²) in [7, 11) is 0. The summed E-state index contributed by atoms with van der Waals surface area (Å²) >= 11 is 0.439. The van der Waals surface area contributed by atoms with Crippen molar-refractivity contribution in [2.45, 2.75) is 26.2 Å².